The second kappa shape index (κ2) is 13.4. The summed E-state index contributed by atoms with van der Waals surface area (Å²) in [5.41, 5.74) is 4.64. The number of benzene rings is 3. The van der Waals surface area contributed by atoms with Gasteiger partial charge in [0.1, 0.15) is 5.75 Å². The van der Waals surface area contributed by atoms with Crippen molar-refractivity contribution in [3.05, 3.63) is 89.0 Å². The molecule has 37 heavy (non-hydrogen) atoms. The zero-order valence-corrected chi connectivity index (χ0v) is 20.9. The standard InChI is InChI=1S/C28H29N3O6/c1-4-15-36-22-12-10-21(11-13-22)28(34)37-24-14-9-20(16-25(24)35-3)17-30-31-26(32)18-29-27(33)23-8-6-5-7-19(23)2/h5-14,16-17H,4,15,18H2,1-3H3,(H,29,33)(H,31,32)/b30-17+. The van der Waals surface area contributed by atoms with E-state index in [0.29, 0.717) is 34.8 Å². The van der Waals surface area contributed by atoms with Gasteiger partial charge in [0.2, 0.25) is 0 Å². The highest BCUT2D eigenvalue weighted by atomic mass is 16.6. The van der Waals surface area contributed by atoms with Crippen molar-refractivity contribution in [3.8, 4) is 17.2 Å². The Labute approximate surface area is 215 Å². The van der Waals surface area contributed by atoms with Gasteiger partial charge in [0.25, 0.3) is 11.8 Å². The predicted molar refractivity (Wildman–Crippen MR) is 139 cm³/mol. The number of carbonyl (C=O) groups is 3. The number of hydrogen-bond donors (Lipinski definition) is 2. The van der Waals surface area contributed by atoms with Crippen LogP contribution in [0.15, 0.2) is 71.8 Å². The number of ether oxygens (including phenoxy) is 3. The van der Waals surface area contributed by atoms with Gasteiger partial charge in [-0.2, -0.15) is 5.10 Å². The molecule has 192 valence electrons. The average molecular weight is 504 g/mol. The molecule has 2 N–H and O–H groups in total. The number of hydrazone groups is 1. The van der Waals surface area contributed by atoms with Gasteiger partial charge in [-0.1, -0.05) is 25.1 Å². The van der Waals surface area contributed by atoms with E-state index in [-0.39, 0.29) is 18.2 Å². The van der Waals surface area contributed by atoms with Gasteiger partial charge >= 0.3 is 5.97 Å². The number of amides is 2. The van der Waals surface area contributed by atoms with Crippen LogP contribution in [-0.2, 0) is 4.79 Å². The second-order valence-electron chi connectivity index (χ2n) is 7.96. The lowest BCUT2D eigenvalue weighted by molar-refractivity contribution is -0.120. The van der Waals surface area contributed by atoms with E-state index in [2.05, 4.69) is 15.8 Å². The lowest BCUT2D eigenvalue weighted by Crippen LogP contribution is -2.35. The molecule has 0 bridgehead atoms. The molecular formula is C28H29N3O6. The summed E-state index contributed by atoms with van der Waals surface area (Å²) in [7, 11) is 1.45. The Morgan fingerprint density at radius 1 is 0.973 bits per heavy atom. The van der Waals surface area contributed by atoms with E-state index in [1.807, 2.05) is 26.0 Å². The zero-order chi connectivity index (χ0) is 26.6. The molecule has 0 spiro atoms. The second-order valence-corrected chi connectivity index (χ2v) is 7.96. The number of methoxy groups -OCH3 is 1. The topological polar surface area (TPSA) is 115 Å². The lowest BCUT2D eigenvalue weighted by atomic mass is 10.1. The van der Waals surface area contributed by atoms with Crippen molar-refractivity contribution in [2.24, 2.45) is 5.10 Å². The van der Waals surface area contributed by atoms with Crippen LogP contribution in [0, 0.1) is 6.92 Å². The summed E-state index contributed by atoms with van der Waals surface area (Å²) < 4.78 is 16.3. The van der Waals surface area contributed by atoms with Crippen LogP contribution < -0.4 is 25.0 Å². The summed E-state index contributed by atoms with van der Waals surface area (Å²) in [4.78, 5) is 36.8. The molecule has 0 aromatic heterocycles. The number of hydrogen-bond acceptors (Lipinski definition) is 7. The third-order valence-electron chi connectivity index (χ3n) is 5.16. The van der Waals surface area contributed by atoms with E-state index in [0.717, 1.165) is 12.0 Å². The highest BCUT2D eigenvalue weighted by Gasteiger charge is 2.13. The molecule has 3 aromatic rings. The number of nitrogens with one attached hydrogen (secondary N) is 2. The van der Waals surface area contributed by atoms with E-state index in [1.165, 1.54) is 13.3 Å². The fourth-order valence-corrected chi connectivity index (χ4v) is 3.22. The molecule has 9 heteroatoms. The Balaban J connectivity index is 1.53. The number of rotatable bonds is 11. The molecular weight excluding hydrogens is 474 g/mol. The molecule has 0 aliphatic heterocycles. The maximum absolute atomic E-state index is 12.5. The number of carbonyl (C=O) groups excluding carboxylic acids is 3. The normalized spacial score (nSPS) is 10.6. The molecule has 9 nitrogen and oxygen atoms in total. The molecule has 2 amide bonds. The van der Waals surface area contributed by atoms with Crippen molar-refractivity contribution in [2.45, 2.75) is 20.3 Å². The maximum atomic E-state index is 12.5. The van der Waals surface area contributed by atoms with E-state index in [1.54, 1.807) is 54.6 Å². The summed E-state index contributed by atoms with van der Waals surface area (Å²) in [6, 6.07) is 18.6. The molecule has 3 rings (SSSR count). The SMILES string of the molecule is CCCOc1ccc(C(=O)Oc2ccc(/C=N/NC(=O)CNC(=O)c3ccccc3C)cc2OC)cc1. The van der Waals surface area contributed by atoms with Gasteiger partial charge in [0.05, 0.1) is 32.0 Å². The van der Waals surface area contributed by atoms with Crippen LogP contribution in [0.25, 0.3) is 0 Å². The number of aryl methyl sites for hydroxylation is 1. The van der Waals surface area contributed by atoms with Gasteiger partial charge in [0, 0.05) is 5.56 Å². The van der Waals surface area contributed by atoms with Gasteiger partial charge in [0.15, 0.2) is 11.5 Å². The van der Waals surface area contributed by atoms with Crippen LogP contribution in [0.1, 0.15) is 45.2 Å². The lowest BCUT2D eigenvalue weighted by Gasteiger charge is -2.10. The van der Waals surface area contributed by atoms with Gasteiger partial charge in [-0.25, -0.2) is 10.2 Å². The summed E-state index contributed by atoms with van der Waals surface area (Å²) >= 11 is 0. The monoisotopic (exact) mass is 503 g/mol. The van der Waals surface area contributed by atoms with Crippen molar-refractivity contribution in [3.63, 3.8) is 0 Å². The first-order valence-corrected chi connectivity index (χ1v) is 11.7. The van der Waals surface area contributed by atoms with Crippen LogP contribution in [0.4, 0.5) is 0 Å². The molecule has 0 aliphatic rings. The summed E-state index contributed by atoms with van der Waals surface area (Å²) in [6.07, 6.45) is 2.30. The number of esters is 1. The third-order valence-corrected chi connectivity index (χ3v) is 5.16. The summed E-state index contributed by atoms with van der Waals surface area (Å²) in [5.74, 6) is -0.132. The minimum absolute atomic E-state index is 0.228. The van der Waals surface area contributed by atoms with Crippen molar-refractivity contribution < 1.29 is 28.6 Å². The van der Waals surface area contributed by atoms with Crippen LogP contribution in [0.5, 0.6) is 17.2 Å². The van der Waals surface area contributed by atoms with Crippen LogP contribution in [0.2, 0.25) is 0 Å². The highest BCUT2D eigenvalue weighted by molar-refractivity contribution is 5.97. The van der Waals surface area contributed by atoms with Gasteiger partial charge in [-0.15, -0.1) is 0 Å². The fraction of sp³-hybridized carbons (Fsp3) is 0.214. The van der Waals surface area contributed by atoms with Crippen molar-refractivity contribution in [2.75, 3.05) is 20.3 Å². The Bertz CT molecular complexity index is 1270. The van der Waals surface area contributed by atoms with Gasteiger partial charge < -0.3 is 19.5 Å². The van der Waals surface area contributed by atoms with Gasteiger partial charge in [-0.3, -0.25) is 9.59 Å². The van der Waals surface area contributed by atoms with Crippen LogP contribution in [-0.4, -0.2) is 44.3 Å². The fourth-order valence-electron chi connectivity index (χ4n) is 3.22. The molecule has 0 unspecified atom stereocenters. The molecule has 0 fully saturated rings. The molecule has 3 aromatic carbocycles. The molecule has 0 radical (unpaired) electrons. The number of nitrogens with zero attached hydrogens (tertiary/aromatic N) is 1. The molecule has 0 saturated carbocycles. The third kappa shape index (κ3) is 7.93. The molecule has 0 aliphatic carbocycles. The Hall–Kier alpha value is -4.66. The van der Waals surface area contributed by atoms with Gasteiger partial charge in [-0.05, 0) is 73.0 Å². The first-order chi connectivity index (χ1) is 17.9. The largest absolute Gasteiger partial charge is 0.494 e. The Morgan fingerprint density at radius 3 is 2.43 bits per heavy atom. The van der Waals surface area contributed by atoms with E-state index < -0.39 is 11.9 Å². The summed E-state index contributed by atoms with van der Waals surface area (Å²) in [6.45, 7) is 4.21. The van der Waals surface area contributed by atoms with Crippen molar-refractivity contribution in [1.29, 1.82) is 0 Å². The molecule has 0 saturated heterocycles. The Morgan fingerprint density at radius 2 is 1.73 bits per heavy atom. The van der Waals surface area contributed by atoms with Crippen LogP contribution >= 0.6 is 0 Å². The van der Waals surface area contributed by atoms with Crippen molar-refractivity contribution >= 4 is 24.0 Å². The highest BCUT2D eigenvalue weighted by Crippen LogP contribution is 2.28. The van der Waals surface area contributed by atoms with Crippen LogP contribution in [0.3, 0.4) is 0 Å². The molecule has 0 atom stereocenters. The first kappa shape index (κ1) is 26.9. The average Bonchev–Trinajstić information content (AvgIpc) is 2.91. The Kier molecular flexibility index (Phi) is 9.78. The van der Waals surface area contributed by atoms with E-state index in [4.69, 9.17) is 14.2 Å². The maximum Gasteiger partial charge on any atom is 0.343 e. The smallest absolute Gasteiger partial charge is 0.343 e. The molecule has 0 heterocycles. The van der Waals surface area contributed by atoms with E-state index in [9.17, 15) is 14.4 Å². The quantitative estimate of drug-likeness (QED) is 0.178. The minimum atomic E-state index is -0.540. The van der Waals surface area contributed by atoms with Crippen molar-refractivity contribution in [1.82, 2.24) is 10.7 Å². The predicted octanol–water partition coefficient (Wildman–Crippen LogP) is 3.89. The summed E-state index contributed by atoms with van der Waals surface area (Å²) in [5, 5.41) is 6.46. The van der Waals surface area contributed by atoms with E-state index >= 15 is 0 Å². The zero-order valence-electron chi connectivity index (χ0n) is 20.9. The minimum Gasteiger partial charge on any atom is -0.494 e. The first-order valence-electron chi connectivity index (χ1n) is 11.7.